The van der Waals surface area contributed by atoms with E-state index in [0.29, 0.717) is 6.04 Å². The van der Waals surface area contributed by atoms with Gasteiger partial charge in [-0.05, 0) is 37.8 Å². The van der Waals surface area contributed by atoms with E-state index in [1.165, 1.54) is 32.5 Å². The van der Waals surface area contributed by atoms with Gasteiger partial charge in [-0.2, -0.15) is 0 Å². The zero-order valence-electron chi connectivity index (χ0n) is 11.8. The molecule has 0 spiro atoms. The highest BCUT2D eigenvalue weighted by Gasteiger charge is 2.25. The van der Waals surface area contributed by atoms with E-state index in [-0.39, 0.29) is 0 Å². The van der Waals surface area contributed by atoms with Crippen molar-refractivity contribution in [3.63, 3.8) is 0 Å². The first-order valence-electron chi connectivity index (χ1n) is 6.98. The zero-order chi connectivity index (χ0) is 12.1. The van der Waals surface area contributed by atoms with Gasteiger partial charge in [0, 0.05) is 19.1 Å². The SMILES string of the molecule is CCC(C)C(CN1CCC(C)C(C)C1)NC. The van der Waals surface area contributed by atoms with Crippen LogP contribution in [-0.2, 0) is 0 Å². The minimum absolute atomic E-state index is 0.658. The lowest BCUT2D eigenvalue weighted by atomic mass is 9.88. The van der Waals surface area contributed by atoms with Crippen LogP contribution in [0.1, 0.15) is 40.5 Å². The lowest BCUT2D eigenvalue weighted by Gasteiger charge is -2.38. The molecule has 1 aliphatic heterocycles. The van der Waals surface area contributed by atoms with Gasteiger partial charge in [0.25, 0.3) is 0 Å². The molecule has 16 heavy (non-hydrogen) atoms. The highest BCUT2D eigenvalue weighted by atomic mass is 15.2. The minimum Gasteiger partial charge on any atom is -0.315 e. The van der Waals surface area contributed by atoms with Crippen molar-refractivity contribution in [1.82, 2.24) is 10.2 Å². The topological polar surface area (TPSA) is 15.3 Å². The summed E-state index contributed by atoms with van der Waals surface area (Å²) < 4.78 is 0. The van der Waals surface area contributed by atoms with Crippen molar-refractivity contribution >= 4 is 0 Å². The van der Waals surface area contributed by atoms with Crippen LogP contribution in [0, 0.1) is 17.8 Å². The Morgan fingerprint density at radius 2 is 2.00 bits per heavy atom. The zero-order valence-corrected chi connectivity index (χ0v) is 11.8. The summed E-state index contributed by atoms with van der Waals surface area (Å²) in [6, 6.07) is 0.658. The first-order valence-corrected chi connectivity index (χ1v) is 6.98. The molecule has 1 saturated heterocycles. The summed E-state index contributed by atoms with van der Waals surface area (Å²) in [6.45, 7) is 13.2. The van der Waals surface area contributed by atoms with E-state index in [1.54, 1.807) is 0 Å². The number of rotatable bonds is 5. The number of piperidine rings is 1. The van der Waals surface area contributed by atoms with Gasteiger partial charge in [0.1, 0.15) is 0 Å². The Kier molecular flexibility index (Phi) is 5.77. The summed E-state index contributed by atoms with van der Waals surface area (Å²) in [4.78, 5) is 2.65. The fraction of sp³-hybridized carbons (Fsp3) is 1.00. The number of likely N-dealkylation sites (N-methyl/N-ethyl adjacent to an activating group) is 1. The molecule has 1 N–H and O–H groups in total. The number of hydrogen-bond acceptors (Lipinski definition) is 2. The van der Waals surface area contributed by atoms with E-state index in [9.17, 15) is 0 Å². The number of likely N-dealkylation sites (tertiary alicyclic amines) is 1. The fourth-order valence-electron chi connectivity index (χ4n) is 2.63. The second-order valence-corrected chi connectivity index (χ2v) is 5.78. The Bertz CT molecular complexity index is 193. The van der Waals surface area contributed by atoms with Gasteiger partial charge >= 0.3 is 0 Å². The molecule has 0 aliphatic carbocycles. The van der Waals surface area contributed by atoms with Crippen molar-refractivity contribution in [3.05, 3.63) is 0 Å². The lowest BCUT2D eigenvalue weighted by Crippen LogP contribution is -2.47. The molecule has 4 atom stereocenters. The van der Waals surface area contributed by atoms with E-state index in [2.05, 4.69) is 45.0 Å². The molecule has 0 aromatic carbocycles. The predicted molar refractivity (Wildman–Crippen MR) is 71.7 cm³/mol. The molecule has 4 unspecified atom stereocenters. The molecule has 1 aliphatic rings. The van der Waals surface area contributed by atoms with Crippen LogP contribution >= 0.6 is 0 Å². The Morgan fingerprint density at radius 3 is 2.50 bits per heavy atom. The van der Waals surface area contributed by atoms with E-state index >= 15 is 0 Å². The number of hydrogen-bond donors (Lipinski definition) is 1. The van der Waals surface area contributed by atoms with E-state index in [4.69, 9.17) is 0 Å². The van der Waals surface area contributed by atoms with Gasteiger partial charge in [-0.1, -0.05) is 34.1 Å². The Labute approximate surface area is 102 Å². The van der Waals surface area contributed by atoms with Gasteiger partial charge in [0.05, 0.1) is 0 Å². The van der Waals surface area contributed by atoms with Crippen LogP contribution < -0.4 is 5.32 Å². The van der Waals surface area contributed by atoms with Crippen molar-refractivity contribution < 1.29 is 0 Å². The summed E-state index contributed by atoms with van der Waals surface area (Å²) in [5.41, 5.74) is 0. The number of nitrogens with one attached hydrogen (secondary N) is 1. The molecule has 96 valence electrons. The van der Waals surface area contributed by atoms with Gasteiger partial charge in [0.2, 0.25) is 0 Å². The average Bonchev–Trinajstić information content (AvgIpc) is 2.29. The molecule has 0 saturated carbocycles. The number of nitrogens with zero attached hydrogens (tertiary/aromatic N) is 1. The highest BCUT2D eigenvalue weighted by molar-refractivity contribution is 4.80. The van der Waals surface area contributed by atoms with Crippen LogP contribution in [-0.4, -0.2) is 37.6 Å². The summed E-state index contributed by atoms with van der Waals surface area (Å²) in [5.74, 6) is 2.55. The molecule has 1 fully saturated rings. The molecule has 0 radical (unpaired) electrons. The van der Waals surface area contributed by atoms with E-state index in [1.807, 2.05) is 0 Å². The molecule has 1 heterocycles. The van der Waals surface area contributed by atoms with Crippen LogP contribution in [0.25, 0.3) is 0 Å². The largest absolute Gasteiger partial charge is 0.315 e. The Morgan fingerprint density at radius 1 is 1.31 bits per heavy atom. The van der Waals surface area contributed by atoms with Crippen molar-refractivity contribution in [1.29, 1.82) is 0 Å². The third-order valence-electron chi connectivity index (χ3n) is 4.57. The molecular formula is C14H30N2. The molecule has 2 heteroatoms. The van der Waals surface area contributed by atoms with Gasteiger partial charge in [-0.15, -0.1) is 0 Å². The monoisotopic (exact) mass is 226 g/mol. The van der Waals surface area contributed by atoms with E-state index in [0.717, 1.165) is 17.8 Å². The molecule has 1 rings (SSSR count). The van der Waals surface area contributed by atoms with Gasteiger partial charge < -0.3 is 10.2 Å². The maximum absolute atomic E-state index is 3.48. The summed E-state index contributed by atoms with van der Waals surface area (Å²) in [5, 5.41) is 3.48. The standard InChI is InChI=1S/C14H30N2/c1-6-11(2)14(15-5)10-16-8-7-12(3)13(4)9-16/h11-15H,6-10H2,1-5H3. The van der Waals surface area contributed by atoms with Crippen molar-refractivity contribution in [3.8, 4) is 0 Å². The molecule has 0 aromatic heterocycles. The third kappa shape index (κ3) is 3.74. The molecule has 0 bridgehead atoms. The molecular weight excluding hydrogens is 196 g/mol. The van der Waals surface area contributed by atoms with Crippen molar-refractivity contribution in [2.75, 3.05) is 26.7 Å². The van der Waals surface area contributed by atoms with Crippen LogP contribution in [0.4, 0.5) is 0 Å². The summed E-state index contributed by atoms with van der Waals surface area (Å²) in [7, 11) is 2.10. The van der Waals surface area contributed by atoms with Gasteiger partial charge in [-0.3, -0.25) is 0 Å². The minimum atomic E-state index is 0.658. The quantitative estimate of drug-likeness (QED) is 0.775. The third-order valence-corrected chi connectivity index (χ3v) is 4.57. The summed E-state index contributed by atoms with van der Waals surface area (Å²) >= 11 is 0. The maximum Gasteiger partial charge on any atom is 0.0217 e. The summed E-state index contributed by atoms with van der Waals surface area (Å²) in [6.07, 6.45) is 2.64. The van der Waals surface area contributed by atoms with Gasteiger partial charge in [-0.25, -0.2) is 0 Å². The van der Waals surface area contributed by atoms with Crippen LogP contribution in [0.15, 0.2) is 0 Å². The first kappa shape index (κ1) is 14.0. The normalized spacial score (nSPS) is 31.3. The first-order chi connectivity index (χ1) is 7.58. The maximum atomic E-state index is 3.48. The average molecular weight is 226 g/mol. The second kappa shape index (κ2) is 6.61. The van der Waals surface area contributed by atoms with Gasteiger partial charge in [0.15, 0.2) is 0 Å². The highest BCUT2D eigenvalue weighted by Crippen LogP contribution is 2.23. The van der Waals surface area contributed by atoms with Crippen LogP contribution in [0.5, 0.6) is 0 Å². The molecule has 0 amide bonds. The second-order valence-electron chi connectivity index (χ2n) is 5.78. The Hall–Kier alpha value is -0.0800. The van der Waals surface area contributed by atoms with Crippen molar-refractivity contribution in [2.45, 2.75) is 46.6 Å². The molecule has 2 nitrogen and oxygen atoms in total. The van der Waals surface area contributed by atoms with Crippen LogP contribution in [0.2, 0.25) is 0 Å². The van der Waals surface area contributed by atoms with Crippen LogP contribution in [0.3, 0.4) is 0 Å². The fourth-order valence-corrected chi connectivity index (χ4v) is 2.63. The van der Waals surface area contributed by atoms with E-state index < -0.39 is 0 Å². The van der Waals surface area contributed by atoms with Crippen molar-refractivity contribution in [2.24, 2.45) is 17.8 Å². The predicted octanol–water partition coefficient (Wildman–Crippen LogP) is 2.60. The lowest BCUT2D eigenvalue weighted by molar-refractivity contribution is 0.118. The smallest absolute Gasteiger partial charge is 0.0217 e. The molecule has 0 aromatic rings. The Balaban J connectivity index is 2.40.